The van der Waals surface area contributed by atoms with Crippen LogP contribution in [0.1, 0.15) is 55.3 Å². The number of nitrogens with one attached hydrogen (secondary N) is 1. The fraction of sp³-hybridized carbons (Fsp3) is 0.579. The zero-order valence-corrected chi connectivity index (χ0v) is 14.0. The van der Waals surface area contributed by atoms with Gasteiger partial charge in [-0.05, 0) is 55.4 Å². The van der Waals surface area contributed by atoms with Gasteiger partial charge in [-0.3, -0.25) is 9.59 Å². The van der Waals surface area contributed by atoms with Gasteiger partial charge in [-0.1, -0.05) is 25.7 Å². The van der Waals surface area contributed by atoms with Crippen LogP contribution in [0.25, 0.3) is 0 Å². The van der Waals surface area contributed by atoms with Crippen molar-refractivity contribution in [3.05, 3.63) is 29.8 Å². The third-order valence-corrected chi connectivity index (χ3v) is 5.37. The van der Waals surface area contributed by atoms with E-state index in [4.69, 9.17) is 10.5 Å². The average Bonchev–Trinajstić information content (AvgIpc) is 2.60. The van der Waals surface area contributed by atoms with Crippen molar-refractivity contribution in [1.82, 2.24) is 5.32 Å². The number of hydrogen-bond donors (Lipinski definition) is 2. The molecule has 2 fully saturated rings. The number of amides is 2. The van der Waals surface area contributed by atoms with Crippen LogP contribution >= 0.6 is 0 Å². The van der Waals surface area contributed by atoms with Crippen LogP contribution in [0.15, 0.2) is 24.3 Å². The lowest BCUT2D eigenvalue weighted by Gasteiger charge is -2.39. The van der Waals surface area contributed by atoms with Crippen molar-refractivity contribution >= 4 is 11.8 Å². The minimum atomic E-state index is -0.518. The molecule has 1 aromatic rings. The van der Waals surface area contributed by atoms with E-state index in [1.54, 1.807) is 24.3 Å². The van der Waals surface area contributed by atoms with Crippen LogP contribution in [0.5, 0.6) is 5.75 Å². The number of carbonyl (C=O) groups excluding carboxylic acids is 2. The van der Waals surface area contributed by atoms with Gasteiger partial charge in [0.1, 0.15) is 5.75 Å². The Morgan fingerprint density at radius 1 is 1.04 bits per heavy atom. The molecule has 2 aliphatic carbocycles. The molecule has 0 bridgehead atoms. The van der Waals surface area contributed by atoms with Gasteiger partial charge in [-0.2, -0.15) is 0 Å². The first-order chi connectivity index (χ1) is 11.6. The van der Waals surface area contributed by atoms with Crippen molar-refractivity contribution in [3.8, 4) is 5.75 Å². The third kappa shape index (κ3) is 4.28. The smallest absolute Gasteiger partial charge is 0.255 e. The molecule has 0 aliphatic heterocycles. The molecule has 5 heteroatoms. The van der Waals surface area contributed by atoms with Crippen molar-refractivity contribution in [1.29, 1.82) is 0 Å². The number of rotatable bonds is 5. The van der Waals surface area contributed by atoms with Crippen molar-refractivity contribution in [2.24, 2.45) is 17.6 Å². The molecule has 2 saturated carbocycles. The van der Waals surface area contributed by atoms with E-state index >= 15 is 0 Å². The molecule has 0 radical (unpaired) electrons. The van der Waals surface area contributed by atoms with Gasteiger partial charge < -0.3 is 15.8 Å². The van der Waals surface area contributed by atoms with E-state index in [2.05, 4.69) is 5.32 Å². The Morgan fingerprint density at radius 2 is 1.75 bits per heavy atom. The Bertz CT molecular complexity index is 585. The van der Waals surface area contributed by atoms with E-state index in [1.807, 2.05) is 0 Å². The lowest BCUT2D eigenvalue weighted by Crippen LogP contribution is -2.41. The van der Waals surface area contributed by atoms with Gasteiger partial charge in [-0.15, -0.1) is 0 Å². The molecule has 0 aromatic heterocycles. The molecular formula is C19H26N2O3. The maximum atomic E-state index is 12.4. The van der Waals surface area contributed by atoms with Gasteiger partial charge in [-0.25, -0.2) is 0 Å². The SMILES string of the molecule is NC(=O)COc1ccc(C(=O)NC2CCC3CCCCC3C2)cc1. The second-order valence-electron chi connectivity index (χ2n) is 7.07. The van der Waals surface area contributed by atoms with Crippen molar-refractivity contribution in [3.63, 3.8) is 0 Å². The minimum absolute atomic E-state index is 0.0317. The lowest BCUT2D eigenvalue weighted by atomic mass is 9.69. The van der Waals surface area contributed by atoms with Gasteiger partial charge in [0.15, 0.2) is 6.61 Å². The van der Waals surface area contributed by atoms with Crippen LogP contribution in [0.3, 0.4) is 0 Å². The molecule has 0 spiro atoms. The fourth-order valence-corrected chi connectivity index (χ4v) is 4.13. The summed E-state index contributed by atoms with van der Waals surface area (Å²) >= 11 is 0. The van der Waals surface area contributed by atoms with Crippen LogP contribution < -0.4 is 15.8 Å². The molecule has 2 aliphatic rings. The molecule has 5 nitrogen and oxygen atoms in total. The second kappa shape index (κ2) is 7.69. The summed E-state index contributed by atoms with van der Waals surface area (Å²) in [6.45, 7) is -0.157. The molecule has 24 heavy (non-hydrogen) atoms. The van der Waals surface area contributed by atoms with Crippen molar-refractivity contribution < 1.29 is 14.3 Å². The molecule has 3 rings (SSSR count). The highest BCUT2D eigenvalue weighted by Crippen LogP contribution is 2.40. The molecule has 3 N–H and O–H groups in total. The summed E-state index contributed by atoms with van der Waals surface area (Å²) in [7, 11) is 0. The maximum Gasteiger partial charge on any atom is 0.255 e. The van der Waals surface area contributed by atoms with Crippen LogP contribution in [0, 0.1) is 11.8 Å². The highest BCUT2D eigenvalue weighted by Gasteiger charge is 2.32. The highest BCUT2D eigenvalue weighted by atomic mass is 16.5. The minimum Gasteiger partial charge on any atom is -0.484 e. The summed E-state index contributed by atoms with van der Waals surface area (Å²) in [5, 5.41) is 3.18. The number of primary amides is 1. The fourth-order valence-electron chi connectivity index (χ4n) is 4.13. The van der Waals surface area contributed by atoms with E-state index in [1.165, 1.54) is 32.1 Å². The highest BCUT2D eigenvalue weighted by molar-refractivity contribution is 5.94. The van der Waals surface area contributed by atoms with Crippen molar-refractivity contribution in [2.45, 2.75) is 51.0 Å². The van der Waals surface area contributed by atoms with Gasteiger partial charge in [0.25, 0.3) is 11.8 Å². The van der Waals surface area contributed by atoms with Crippen LogP contribution in [-0.2, 0) is 4.79 Å². The Kier molecular flexibility index (Phi) is 5.38. The Morgan fingerprint density at radius 3 is 2.46 bits per heavy atom. The second-order valence-corrected chi connectivity index (χ2v) is 7.07. The summed E-state index contributed by atoms with van der Waals surface area (Å²) in [4.78, 5) is 23.1. The number of hydrogen-bond acceptors (Lipinski definition) is 3. The van der Waals surface area contributed by atoms with Gasteiger partial charge in [0, 0.05) is 11.6 Å². The quantitative estimate of drug-likeness (QED) is 0.871. The first-order valence-corrected chi connectivity index (χ1v) is 8.94. The van der Waals surface area contributed by atoms with Gasteiger partial charge in [0.05, 0.1) is 0 Å². The number of nitrogens with two attached hydrogens (primary N) is 1. The molecular weight excluding hydrogens is 304 g/mol. The maximum absolute atomic E-state index is 12.4. The first kappa shape index (κ1) is 16.8. The molecule has 3 unspecified atom stereocenters. The molecule has 3 atom stereocenters. The average molecular weight is 330 g/mol. The zero-order valence-electron chi connectivity index (χ0n) is 14.0. The molecule has 0 heterocycles. The van der Waals surface area contributed by atoms with Crippen LogP contribution in [0.2, 0.25) is 0 Å². The number of fused-ring (bicyclic) bond motifs is 1. The number of carbonyl (C=O) groups is 2. The third-order valence-electron chi connectivity index (χ3n) is 5.37. The molecule has 2 amide bonds. The summed E-state index contributed by atoms with van der Waals surface area (Å²) in [6.07, 6.45) is 8.87. The monoisotopic (exact) mass is 330 g/mol. The van der Waals surface area contributed by atoms with E-state index in [0.29, 0.717) is 17.4 Å². The molecule has 0 saturated heterocycles. The summed E-state index contributed by atoms with van der Waals surface area (Å²) in [5.41, 5.74) is 5.66. The van der Waals surface area contributed by atoms with Gasteiger partial charge >= 0.3 is 0 Å². The van der Waals surface area contributed by atoms with Crippen LogP contribution in [-0.4, -0.2) is 24.5 Å². The standard InChI is InChI=1S/C19H26N2O3/c20-18(22)12-24-17-9-6-14(7-10-17)19(23)21-16-8-5-13-3-1-2-4-15(13)11-16/h6-7,9-10,13,15-16H,1-5,8,11-12H2,(H2,20,22)(H,21,23). The molecule has 130 valence electrons. The molecule has 1 aromatic carbocycles. The number of ether oxygens (including phenoxy) is 1. The zero-order chi connectivity index (χ0) is 16.9. The van der Waals surface area contributed by atoms with Gasteiger partial charge in [0.2, 0.25) is 0 Å². The summed E-state index contributed by atoms with van der Waals surface area (Å²) < 4.78 is 5.21. The predicted octanol–water partition coefficient (Wildman–Crippen LogP) is 2.64. The summed E-state index contributed by atoms with van der Waals surface area (Å²) in [6, 6.07) is 7.12. The van der Waals surface area contributed by atoms with E-state index in [-0.39, 0.29) is 12.5 Å². The van der Waals surface area contributed by atoms with E-state index < -0.39 is 5.91 Å². The topological polar surface area (TPSA) is 81.4 Å². The van der Waals surface area contributed by atoms with E-state index in [9.17, 15) is 9.59 Å². The van der Waals surface area contributed by atoms with E-state index in [0.717, 1.165) is 24.7 Å². The summed E-state index contributed by atoms with van der Waals surface area (Å²) in [5.74, 6) is 1.66. The lowest BCUT2D eigenvalue weighted by molar-refractivity contribution is -0.119. The predicted molar refractivity (Wildman–Crippen MR) is 91.7 cm³/mol. The Hall–Kier alpha value is -2.04. The Balaban J connectivity index is 1.52. The van der Waals surface area contributed by atoms with Crippen LogP contribution in [0.4, 0.5) is 0 Å². The number of benzene rings is 1. The van der Waals surface area contributed by atoms with Crippen molar-refractivity contribution in [2.75, 3.05) is 6.61 Å². The largest absolute Gasteiger partial charge is 0.484 e. The first-order valence-electron chi connectivity index (χ1n) is 8.94. The Labute approximate surface area is 142 Å². The normalized spacial score (nSPS) is 26.2.